The van der Waals surface area contributed by atoms with Crippen LogP contribution in [0.15, 0.2) is 18.2 Å². The van der Waals surface area contributed by atoms with Crippen LogP contribution in [0.4, 0.5) is 5.69 Å². The summed E-state index contributed by atoms with van der Waals surface area (Å²) >= 11 is 0. The van der Waals surface area contributed by atoms with E-state index in [0.29, 0.717) is 0 Å². The molecule has 2 N–H and O–H groups in total. The molecule has 2 heteroatoms. The second kappa shape index (κ2) is 6.24. The summed E-state index contributed by atoms with van der Waals surface area (Å²) in [6.07, 6.45) is 4.73. The fourth-order valence-electron chi connectivity index (χ4n) is 2.79. The monoisotopic (exact) mass is 246 g/mol. The first-order valence-corrected chi connectivity index (χ1v) is 7.27. The Hall–Kier alpha value is -1.02. The molecule has 0 aliphatic carbocycles. The van der Waals surface area contributed by atoms with E-state index in [1.807, 2.05) is 0 Å². The molecule has 1 aromatic rings. The van der Waals surface area contributed by atoms with Crippen LogP contribution in [0, 0.1) is 5.92 Å². The van der Waals surface area contributed by atoms with Gasteiger partial charge in [-0.05, 0) is 55.3 Å². The zero-order valence-electron chi connectivity index (χ0n) is 11.8. The average molecular weight is 246 g/mol. The van der Waals surface area contributed by atoms with Crippen molar-refractivity contribution in [2.24, 2.45) is 11.7 Å². The Morgan fingerprint density at radius 1 is 1.33 bits per heavy atom. The summed E-state index contributed by atoms with van der Waals surface area (Å²) in [5.41, 5.74) is 10.0. The number of benzene rings is 1. The summed E-state index contributed by atoms with van der Waals surface area (Å²) in [6, 6.07) is 7.01. The number of fused-ring (bicyclic) bond motifs is 1. The number of nitrogens with two attached hydrogens (primary N) is 1. The predicted molar refractivity (Wildman–Crippen MR) is 79.2 cm³/mol. The lowest BCUT2D eigenvalue weighted by atomic mass is 9.97. The number of aryl methyl sites for hydroxylation is 2. The first kappa shape index (κ1) is 13.4. The molecule has 0 aromatic heterocycles. The summed E-state index contributed by atoms with van der Waals surface area (Å²) in [4.78, 5) is 2.56. The van der Waals surface area contributed by atoms with Crippen molar-refractivity contribution in [2.75, 3.05) is 24.5 Å². The zero-order chi connectivity index (χ0) is 13.0. The molecule has 1 aliphatic rings. The molecule has 0 spiro atoms. The summed E-state index contributed by atoms with van der Waals surface area (Å²) in [5, 5.41) is 0. The standard InChI is InChI=1S/C16H26N2/c1-13(2)12-18-10-4-6-15-8-7-14(5-3-9-17)11-16(15)18/h7-8,11,13H,3-6,9-10,12,17H2,1-2H3. The lowest BCUT2D eigenvalue weighted by Crippen LogP contribution is -2.32. The van der Waals surface area contributed by atoms with E-state index in [1.165, 1.54) is 42.7 Å². The van der Waals surface area contributed by atoms with Crippen LogP contribution in [-0.2, 0) is 12.8 Å². The summed E-state index contributed by atoms with van der Waals surface area (Å²) in [6.45, 7) is 7.77. The van der Waals surface area contributed by atoms with Crippen LogP contribution >= 0.6 is 0 Å². The summed E-state index contributed by atoms with van der Waals surface area (Å²) in [5.74, 6) is 0.726. The van der Waals surface area contributed by atoms with E-state index in [1.54, 1.807) is 0 Å². The van der Waals surface area contributed by atoms with Gasteiger partial charge in [-0.3, -0.25) is 0 Å². The fourth-order valence-corrected chi connectivity index (χ4v) is 2.79. The molecule has 0 radical (unpaired) electrons. The van der Waals surface area contributed by atoms with Crippen LogP contribution in [-0.4, -0.2) is 19.6 Å². The zero-order valence-corrected chi connectivity index (χ0v) is 11.8. The third-order valence-electron chi connectivity index (χ3n) is 3.62. The van der Waals surface area contributed by atoms with Crippen molar-refractivity contribution in [3.63, 3.8) is 0 Å². The first-order valence-electron chi connectivity index (χ1n) is 7.27. The van der Waals surface area contributed by atoms with Gasteiger partial charge in [0.1, 0.15) is 0 Å². The van der Waals surface area contributed by atoms with E-state index in [-0.39, 0.29) is 0 Å². The first-order chi connectivity index (χ1) is 8.70. The van der Waals surface area contributed by atoms with Gasteiger partial charge in [0.15, 0.2) is 0 Å². The van der Waals surface area contributed by atoms with Crippen molar-refractivity contribution in [2.45, 2.75) is 39.5 Å². The molecule has 0 atom stereocenters. The Labute approximate surface area is 111 Å². The van der Waals surface area contributed by atoms with Crippen molar-refractivity contribution in [1.29, 1.82) is 0 Å². The number of rotatable bonds is 5. The van der Waals surface area contributed by atoms with Crippen molar-refractivity contribution >= 4 is 5.69 Å². The Kier molecular flexibility index (Phi) is 4.65. The van der Waals surface area contributed by atoms with Gasteiger partial charge in [-0.2, -0.15) is 0 Å². The maximum atomic E-state index is 5.60. The maximum absolute atomic E-state index is 5.60. The number of anilines is 1. The number of hydrogen-bond donors (Lipinski definition) is 1. The highest BCUT2D eigenvalue weighted by Gasteiger charge is 2.17. The SMILES string of the molecule is CC(C)CN1CCCc2ccc(CCCN)cc21. The molecular formula is C16H26N2. The van der Waals surface area contributed by atoms with Gasteiger partial charge >= 0.3 is 0 Å². The second-order valence-electron chi connectivity index (χ2n) is 5.80. The van der Waals surface area contributed by atoms with Gasteiger partial charge in [0.2, 0.25) is 0 Å². The topological polar surface area (TPSA) is 29.3 Å². The van der Waals surface area contributed by atoms with Crippen molar-refractivity contribution in [3.05, 3.63) is 29.3 Å². The molecule has 100 valence electrons. The molecule has 0 bridgehead atoms. The average Bonchev–Trinajstić information content (AvgIpc) is 2.36. The molecule has 1 heterocycles. The molecule has 0 saturated heterocycles. The third-order valence-corrected chi connectivity index (χ3v) is 3.62. The molecule has 2 rings (SSSR count). The Morgan fingerprint density at radius 3 is 2.89 bits per heavy atom. The van der Waals surface area contributed by atoms with Crippen molar-refractivity contribution < 1.29 is 0 Å². The Balaban J connectivity index is 2.18. The lowest BCUT2D eigenvalue weighted by molar-refractivity contribution is 0.584. The van der Waals surface area contributed by atoms with Crippen molar-refractivity contribution in [1.82, 2.24) is 0 Å². The molecule has 0 fully saturated rings. The minimum atomic E-state index is 0.726. The van der Waals surface area contributed by atoms with Gasteiger partial charge in [-0.15, -0.1) is 0 Å². The highest BCUT2D eigenvalue weighted by Crippen LogP contribution is 2.29. The fraction of sp³-hybridized carbons (Fsp3) is 0.625. The van der Waals surface area contributed by atoms with E-state index in [0.717, 1.165) is 25.3 Å². The molecule has 18 heavy (non-hydrogen) atoms. The lowest BCUT2D eigenvalue weighted by Gasteiger charge is -2.33. The third kappa shape index (κ3) is 3.26. The summed E-state index contributed by atoms with van der Waals surface area (Å²) < 4.78 is 0. The minimum absolute atomic E-state index is 0.726. The van der Waals surface area contributed by atoms with E-state index in [4.69, 9.17) is 5.73 Å². The highest BCUT2D eigenvalue weighted by atomic mass is 15.1. The van der Waals surface area contributed by atoms with Gasteiger partial charge in [0.25, 0.3) is 0 Å². The number of hydrogen-bond acceptors (Lipinski definition) is 2. The molecule has 0 amide bonds. The van der Waals surface area contributed by atoms with Gasteiger partial charge in [-0.25, -0.2) is 0 Å². The largest absolute Gasteiger partial charge is 0.371 e. The highest BCUT2D eigenvalue weighted by molar-refractivity contribution is 5.57. The molecular weight excluding hydrogens is 220 g/mol. The Morgan fingerprint density at radius 2 is 2.17 bits per heavy atom. The van der Waals surface area contributed by atoms with Crippen LogP contribution in [0.3, 0.4) is 0 Å². The van der Waals surface area contributed by atoms with Crippen LogP contribution < -0.4 is 10.6 Å². The van der Waals surface area contributed by atoms with Gasteiger partial charge < -0.3 is 10.6 Å². The van der Waals surface area contributed by atoms with Gasteiger partial charge in [0, 0.05) is 18.8 Å². The maximum Gasteiger partial charge on any atom is 0.0401 e. The molecule has 0 saturated carbocycles. The van der Waals surface area contributed by atoms with E-state index in [2.05, 4.69) is 36.9 Å². The Bertz CT molecular complexity index is 385. The molecule has 0 unspecified atom stereocenters. The normalized spacial score (nSPS) is 15.0. The van der Waals surface area contributed by atoms with Crippen molar-refractivity contribution in [3.8, 4) is 0 Å². The van der Waals surface area contributed by atoms with Gasteiger partial charge in [-0.1, -0.05) is 26.0 Å². The second-order valence-corrected chi connectivity index (χ2v) is 5.80. The van der Waals surface area contributed by atoms with Crippen LogP contribution in [0.25, 0.3) is 0 Å². The quantitative estimate of drug-likeness (QED) is 0.865. The van der Waals surface area contributed by atoms with Crippen LogP contribution in [0.5, 0.6) is 0 Å². The number of nitrogens with zero attached hydrogens (tertiary/aromatic N) is 1. The minimum Gasteiger partial charge on any atom is -0.371 e. The molecule has 1 aliphatic heterocycles. The molecule has 2 nitrogen and oxygen atoms in total. The summed E-state index contributed by atoms with van der Waals surface area (Å²) in [7, 11) is 0. The smallest absolute Gasteiger partial charge is 0.0401 e. The molecule has 1 aromatic carbocycles. The predicted octanol–water partition coefficient (Wildman–Crippen LogP) is 2.99. The van der Waals surface area contributed by atoms with E-state index in [9.17, 15) is 0 Å². The van der Waals surface area contributed by atoms with Gasteiger partial charge in [0.05, 0.1) is 0 Å². The van der Waals surface area contributed by atoms with E-state index < -0.39 is 0 Å². The van der Waals surface area contributed by atoms with E-state index >= 15 is 0 Å². The van der Waals surface area contributed by atoms with Crippen LogP contribution in [0.2, 0.25) is 0 Å². The van der Waals surface area contributed by atoms with Crippen LogP contribution in [0.1, 0.15) is 37.8 Å².